The molecule has 0 aliphatic carbocycles. The number of aryl methyl sites for hydroxylation is 2. The van der Waals surface area contributed by atoms with E-state index in [-0.39, 0.29) is 21.3 Å². The minimum absolute atomic E-state index is 0.00186. The van der Waals surface area contributed by atoms with E-state index in [4.69, 9.17) is 16.3 Å². The standard InChI is InChI=1S/C19H20ClN3O7S/c1-11-4-6-15(8-12(11)2)31(28,29)21-10-18(24)30-13(3)19(25)22-17-7-5-14(23(26)27)9-16(17)20/h4-9,13,21H,10H2,1-3H3,(H,22,25). The molecular formula is C19H20ClN3O7S. The Bertz CT molecular complexity index is 1140. The number of nitrogens with zero attached hydrogens (tertiary/aromatic N) is 1. The fourth-order valence-corrected chi connectivity index (χ4v) is 3.64. The lowest BCUT2D eigenvalue weighted by atomic mass is 10.1. The number of rotatable bonds is 8. The van der Waals surface area contributed by atoms with E-state index >= 15 is 0 Å². The van der Waals surface area contributed by atoms with Gasteiger partial charge in [-0.1, -0.05) is 17.7 Å². The number of carbonyl (C=O) groups is 2. The van der Waals surface area contributed by atoms with E-state index in [0.29, 0.717) is 0 Å². The van der Waals surface area contributed by atoms with Gasteiger partial charge in [0.25, 0.3) is 11.6 Å². The van der Waals surface area contributed by atoms with Crippen molar-refractivity contribution < 1.29 is 27.7 Å². The van der Waals surface area contributed by atoms with Gasteiger partial charge in [0.2, 0.25) is 10.0 Å². The minimum atomic E-state index is -3.94. The summed E-state index contributed by atoms with van der Waals surface area (Å²) >= 11 is 5.90. The van der Waals surface area contributed by atoms with Crippen molar-refractivity contribution in [3.05, 3.63) is 62.7 Å². The van der Waals surface area contributed by atoms with Gasteiger partial charge in [-0.15, -0.1) is 0 Å². The third-order valence-corrected chi connectivity index (χ3v) is 6.01. The van der Waals surface area contributed by atoms with Crippen LogP contribution in [-0.2, 0) is 24.3 Å². The van der Waals surface area contributed by atoms with Crippen LogP contribution >= 0.6 is 11.6 Å². The van der Waals surface area contributed by atoms with E-state index in [1.807, 2.05) is 6.92 Å². The number of nitrogens with one attached hydrogen (secondary N) is 2. The number of non-ortho nitro benzene ring substituents is 1. The number of hydrogen-bond acceptors (Lipinski definition) is 7. The first-order chi connectivity index (χ1) is 14.4. The number of sulfonamides is 1. The molecule has 2 N–H and O–H groups in total. The number of nitro benzene ring substituents is 1. The summed E-state index contributed by atoms with van der Waals surface area (Å²) in [4.78, 5) is 34.2. The Morgan fingerprint density at radius 1 is 1.16 bits per heavy atom. The topological polar surface area (TPSA) is 145 Å². The first kappa shape index (κ1) is 24.3. The molecule has 0 radical (unpaired) electrons. The zero-order valence-electron chi connectivity index (χ0n) is 16.8. The van der Waals surface area contributed by atoms with Crippen molar-refractivity contribution >= 4 is 44.9 Å². The summed E-state index contributed by atoms with van der Waals surface area (Å²) in [6, 6.07) is 8.00. The normalized spacial score (nSPS) is 12.1. The fourth-order valence-electron chi connectivity index (χ4n) is 2.36. The number of esters is 1. The SMILES string of the molecule is Cc1ccc(S(=O)(=O)NCC(=O)OC(C)C(=O)Nc2ccc([N+](=O)[O-])cc2Cl)cc1C. The number of benzene rings is 2. The van der Waals surface area contributed by atoms with E-state index in [0.717, 1.165) is 23.3 Å². The van der Waals surface area contributed by atoms with Crippen molar-refractivity contribution in [3.63, 3.8) is 0 Å². The van der Waals surface area contributed by atoms with E-state index in [9.17, 15) is 28.1 Å². The van der Waals surface area contributed by atoms with Crippen LogP contribution < -0.4 is 10.0 Å². The van der Waals surface area contributed by atoms with Gasteiger partial charge in [0.15, 0.2) is 6.10 Å². The smallest absolute Gasteiger partial charge is 0.321 e. The maximum absolute atomic E-state index is 12.3. The highest BCUT2D eigenvalue weighted by Crippen LogP contribution is 2.26. The Labute approximate surface area is 183 Å². The maximum Gasteiger partial charge on any atom is 0.321 e. The lowest BCUT2D eigenvalue weighted by Gasteiger charge is -2.14. The molecule has 0 fully saturated rings. The first-order valence-electron chi connectivity index (χ1n) is 8.92. The molecule has 0 aliphatic heterocycles. The van der Waals surface area contributed by atoms with Crippen LogP contribution in [0.2, 0.25) is 5.02 Å². The molecule has 0 spiro atoms. The van der Waals surface area contributed by atoms with Gasteiger partial charge in [0, 0.05) is 12.1 Å². The van der Waals surface area contributed by atoms with Crippen molar-refractivity contribution in [3.8, 4) is 0 Å². The Morgan fingerprint density at radius 3 is 2.42 bits per heavy atom. The predicted octanol–water partition coefficient (Wildman–Crippen LogP) is 2.71. The maximum atomic E-state index is 12.3. The highest BCUT2D eigenvalue weighted by Gasteiger charge is 2.22. The average molecular weight is 470 g/mol. The summed E-state index contributed by atoms with van der Waals surface area (Å²) in [6.07, 6.45) is -1.27. The zero-order valence-corrected chi connectivity index (χ0v) is 18.4. The van der Waals surface area contributed by atoms with Gasteiger partial charge in [-0.3, -0.25) is 19.7 Å². The van der Waals surface area contributed by atoms with Gasteiger partial charge in [-0.25, -0.2) is 8.42 Å². The summed E-state index contributed by atoms with van der Waals surface area (Å²) in [5, 5.41) is 13.0. The van der Waals surface area contributed by atoms with Crippen LogP contribution in [0.15, 0.2) is 41.3 Å². The lowest BCUT2D eigenvalue weighted by Crippen LogP contribution is -2.35. The molecule has 1 atom stereocenters. The Morgan fingerprint density at radius 2 is 1.84 bits per heavy atom. The van der Waals surface area contributed by atoms with Crippen molar-refractivity contribution in [2.24, 2.45) is 0 Å². The van der Waals surface area contributed by atoms with Crippen molar-refractivity contribution in [1.82, 2.24) is 4.72 Å². The molecular weight excluding hydrogens is 450 g/mol. The van der Waals surface area contributed by atoms with Crippen molar-refractivity contribution in [2.75, 3.05) is 11.9 Å². The second-order valence-corrected chi connectivity index (χ2v) is 8.79. The second-order valence-electron chi connectivity index (χ2n) is 6.61. The number of amides is 1. The summed E-state index contributed by atoms with van der Waals surface area (Å²) in [5.41, 5.74) is 1.54. The van der Waals surface area contributed by atoms with Gasteiger partial charge in [0.05, 0.1) is 20.5 Å². The molecule has 1 unspecified atom stereocenters. The van der Waals surface area contributed by atoms with Crippen molar-refractivity contribution in [2.45, 2.75) is 31.8 Å². The summed E-state index contributed by atoms with van der Waals surface area (Å²) in [6.45, 7) is 4.21. The molecule has 12 heteroatoms. The number of carbonyl (C=O) groups excluding carboxylic acids is 2. The summed E-state index contributed by atoms with van der Waals surface area (Å²) in [7, 11) is -3.94. The summed E-state index contributed by atoms with van der Waals surface area (Å²) in [5.74, 6) is -1.72. The molecule has 0 saturated heterocycles. The zero-order chi connectivity index (χ0) is 23.3. The molecule has 31 heavy (non-hydrogen) atoms. The third kappa shape index (κ3) is 6.48. The van der Waals surface area contributed by atoms with Gasteiger partial charge >= 0.3 is 5.97 Å². The van der Waals surface area contributed by atoms with Crippen molar-refractivity contribution in [1.29, 1.82) is 0 Å². The molecule has 0 aliphatic rings. The number of halogens is 1. The molecule has 0 aromatic heterocycles. The van der Waals surface area contributed by atoms with E-state index in [1.165, 1.54) is 25.1 Å². The van der Waals surface area contributed by atoms with Crippen LogP contribution in [-0.4, -0.2) is 37.9 Å². The Kier molecular flexibility index (Phi) is 7.71. The largest absolute Gasteiger partial charge is 0.452 e. The Hall–Kier alpha value is -3.02. The number of anilines is 1. The van der Waals surface area contributed by atoms with Crippen LogP contribution in [0.5, 0.6) is 0 Å². The number of ether oxygens (including phenoxy) is 1. The van der Waals surface area contributed by atoms with Gasteiger partial charge < -0.3 is 10.1 Å². The molecule has 0 saturated carbocycles. The minimum Gasteiger partial charge on any atom is -0.452 e. The fraction of sp³-hybridized carbons (Fsp3) is 0.263. The molecule has 0 heterocycles. The third-order valence-electron chi connectivity index (χ3n) is 4.29. The molecule has 0 bridgehead atoms. The molecule has 2 rings (SSSR count). The molecule has 1 amide bonds. The Balaban J connectivity index is 1.93. The van der Waals surface area contributed by atoms with E-state index in [2.05, 4.69) is 10.0 Å². The molecule has 166 valence electrons. The van der Waals surface area contributed by atoms with Crippen LogP contribution in [0.25, 0.3) is 0 Å². The average Bonchev–Trinajstić information content (AvgIpc) is 2.69. The lowest BCUT2D eigenvalue weighted by molar-refractivity contribution is -0.384. The van der Waals surface area contributed by atoms with Gasteiger partial charge in [0.1, 0.15) is 6.54 Å². The van der Waals surface area contributed by atoms with Crippen LogP contribution in [0.3, 0.4) is 0 Å². The van der Waals surface area contributed by atoms with Gasteiger partial charge in [-0.05, 0) is 50.1 Å². The quantitative estimate of drug-likeness (QED) is 0.343. The number of hydrogen-bond donors (Lipinski definition) is 2. The van der Waals surface area contributed by atoms with Gasteiger partial charge in [-0.2, -0.15) is 4.72 Å². The van der Waals surface area contributed by atoms with Crippen LogP contribution in [0.1, 0.15) is 18.1 Å². The first-order valence-corrected chi connectivity index (χ1v) is 10.8. The van der Waals surface area contributed by atoms with E-state index in [1.54, 1.807) is 13.0 Å². The highest BCUT2D eigenvalue weighted by atomic mass is 35.5. The molecule has 10 nitrogen and oxygen atoms in total. The monoisotopic (exact) mass is 469 g/mol. The molecule has 2 aromatic rings. The van der Waals surface area contributed by atoms with Crippen LogP contribution in [0, 0.1) is 24.0 Å². The molecule has 2 aromatic carbocycles. The van der Waals surface area contributed by atoms with E-state index < -0.39 is 39.5 Å². The number of nitro groups is 1. The van der Waals surface area contributed by atoms with Crippen LogP contribution in [0.4, 0.5) is 11.4 Å². The highest BCUT2D eigenvalue weighted by molar-refractivity contribution is 7.89. The second kappa shape index (κ2) is 9.86. The predicted molar refractivity (Wildman–Crippen MR) is 113 cm³/mol. The summed E-state index contributed by atoms with van der Waals surface area (Å²) < 4.78 is 31.7.